The summed E-state index contributed by atoms with van der Waals surface area (Å²) in [5.74, 6) is -0.0305. The van der Waals surface area contributed by atoms with Crippen LogP contribution in [-0.2, 0) is 26.2 Å². The fraction of sp³-hybridized carbons (Fsp3) is 0.462. The summed E-state index contributed by atoms with van der Waals surface area (Å²) in [5, 5.41) is 2.87. The zero-order valence-electron chi connectivity index (χ0n) is 21.5. The molecular formula is C26H37N3O5S. The van der Waals surface area contributed by atoms with Gasteiger partial charge in [0, 0.05) is 13.1 Å². The van der Waals surface area contributed by atoms with Crippen LogP contribution in [-0.4, -0.2) is 57.6 Å². The first-order valence-electron chi connectivity index (χ1n) is 11.8. The number of hydrogen-bond donors (Lipinski definition) is 1. The van der Waals surface area contributed by atoms with Crippen LogP contribution in [0.4, 0.5) is 5.69 Å². The van der Waals surface area contributed by atoms with Crippen molar-refractivity contribution in [3.63, 3.8) is 0 Å². The van der Waals surface area contributed by atoms with Crippen LogP contribution in [0.1, 0.15) is 43.4 Å². The Morgan fingerprint density at radius 1 is 1.06 bits per heavy atom. The Labute approximate surface area is 209 Å². The Morgan fingerprint density at radius 2 is 1.71 bits per heavy atom. The van der Waals surface area contributed by atoms with Crippen LogP contribution < -0.4 is 14.4 Å². The van der Waals surface area contributed by atoms with Crippen LogP contribution in [0.25, 0.3) is 0 Å². The first kappa shape index (κ1) is 28.2. The second-order valence-electron chi connectivity index (χ2n) is 8.57. The average Bonchev–Trinajstić information content (AvgIpc) is 2.82. The smallest absolute Gasteiger partial charge is 0.244 e. The molecule has 0 bridgehead atoms. The van der Waals surface area contributed by atoms with Crippen molar-refractivity contribution in [1.29, 1.82) is 0 Å². The SMILES string of the molecule is CCCNC(=O)[C@H](CC)N(Cc1ccc(OC)cc1)C(=O)CN(c1cccc(C)c1C)S(C)(=O)=O. The summed E-state index contributed by atoms with van der Waals surface area (Å²) in [6, 6.07) is 11.8. The van der Waals surface area contributed by atoms with Crippen molar-refractivity contribution in [2.45, 2.75) is 53.1 Å². The summed E-state index contributed by atoms with van der Waals surface area (Å²) in [5.41, 5.74) is 2.96. The third-order valence-corrected chi connectivity index (χ3v) is 7.10. The monoisotopic (exact) mass is 503 g/mol. The van der Waals surface area contributed by atoms with Crippen molar-refractivity contribution in [2.24, 2.45) is 0 Å². The Morgan fingerprint density at radius 3 is 2.26 bits per heavy atom. The van der Waals surface area contributed by atoms with Gasteiger partial charge in [0.2, 0.25) is 21.8 Å². The number of carbonyl (C=O) groups excluding carboxylic acids is 2. The molecule has 2 aromatic carbocycles. The minimum absolute atomic E-state index is 0.158. The number of aryl methyl sites for hydroxylation is 1. The highest BCUT2D eigenvalue weighted by Crippen LogP contribution is 2.26. The van der Waals surface area contributed by atoms with E-state index >= 15 is 0 Å². The van der Waals surface area contributed by atoms with Gasteiger partial charge in [0.25, 0.3) is 0 Å². The van der Waals surface area contributed by atoms with Crippen molar-refractivity contribution in [3.8, 4) is 5.75 Å². The predicted octanol–water partition coefficient (Wildman–Crippen LogP) is 3.41. The molecule has 0 aliphatic carbocycles. The number of sulfonamides is 1. The van der Waals surface area contributed by atoms with Gasteiger partial charge in [0.15, 0.2) is 0 Å². The molecule has 2 amide bonds. The van der Waals surface area contributed by atoms with Crippen LogP contribution in [0, 0.1) is 13.8 Å². The van der Waals surface area contributed by atoms with Crippen molar-refractivity contribution in [3.05, 3.63) is 59.2 Å². The lowest BCUT2D eigenvalue weighted by molar-refractivity contribution is -0.140. The number of nitrogens with zero attached hydrogens (tertiary/aromatic N) is 2. The first-order chi connectivity index (χ1) is 16.5. The zero-order valence-corrected chi connectivity index (χ0v) is 22.3. The summed E-state index contributed by atoms with van der Waals surface area (Å²) >= 11 is 0. The van der Waals surface area contributed by atoms with E-state index in [4.69, 9.17) is 4.74 Å². The fourth-order valence-electron chi connectivity index (χ4n) is 3.81. The van der Waals surface area contributed by atoms with Gasteiger partial charge < -0.3 is 15.0 Å². The molecule has 0 fully saturated rings. The molecule has 1 atom stereocenters. The van der Waals surface area contributed by atoms with Crippen molar-refractivity contribution in [1.82, 2.24) is 10.2 Å². The van der Waals surface area contributed by atoms with E-state index in [-0.39, 0.29) is 12.5 Å². The Balaban J connectivity index is 2.46. The first-order valence-corrected chi connectivity index (χ1v) is 13.6. The van der Waals surface area contributed by atoms with Gasteiger partial charge in [-0.2, -0.15) is 0 Å². The molecular weight excluding hydrogens is 466 g/mol. The lowest BCUT2D eigenvalue weighted by Crippen LogP contribution is -2.52. The molecule has 0 unspecified atom stereocenters. The van der Waals surface area contributed by atoms with Crippen molar-refractivity contribution >= 4 is 27.5 Å². The highest BCUT2D eigenvalue weighted by molar-refractivity contribution is 7.92. The lowest BCUT2D eigenvalue weighted by Gasteiger charge is -2.33. The molecule has 0 spiro atoms. The van der Waals surface area contributed by atoms with E-state index in [1.165, 1.54) is 4.90 Å². The number of rotatable bonds is 12. The third kappa shape index (κ3) is 7.45. The van der Waals surface area contributed by atoms with Gasteiger partial charge >= 0.3 is 0 Å². The maximum absolute atomic E-state index is 13.7. The van der Waals surface area contributed by atoms with Crippen molar-refractivity contribution < 1.29 is 22.7 Å². The molecule has 0 aliphatic rings. The number of ether oxygens (including phenoxy) is 1. The van der Waals surface area contributed by atoms with E-state index in [0.717, 1.165) is 33.7 Å². The van der Waals surface area contributed by atoms with Gasteiger partial charge in [-0.3, -0.25) is 13.9 Å². The standard InChI is InChI=1S/C26H37N3O5S/c1-7-16-27-26(31)23(8-2)28(17-21-12-14-22(34-5)15-13-21)25(30)18-29(35(6,32)33)24-11-9-10-19(3)20(24)4/h9-15,23H,7-8,16-18H2,1-6H3,(H,27,31)/t23-/m0/s1. The number of amides is 2. The van der Waals surface area contributed by atoms with E-state index in [1.54, 1.807) is 31.4 Å². The normalized spacial score (nSPS) is 12.1. The number of anilines is 1. The highest BCUT2D eigenvalue weighted by Gasteiger charge is 2.32. The van der Waals surface area contributed by atoms with Crippen LogP contribution in [0.3, 0.4) is 0 Å². The van der Waals surface area contributed by atoms with Crippen LogP contribution in [0.2, 0.25) is 0 Å². The van der Waals surface area contributed by atoms with Crippen LogP contribution in [0.15, 0.2) is 42.5 Å². The number of methoxy groups -OCH3 is 1. The van der Waals surface area contributed by atoms with Gasteiger partial charge in [-0.25, -0.2) is 8.42 Å². The summed E-state index contributed by atoms with van der Waals surface area (Å²) in [7, 11) is -2.19. The number of benzene rings is 2. The Hall–Kier alpha value is -3.07. The van der Waals surface area contributed by atoms with E-state index in [1.807, 2.05) is 45.9 Å². The van der Waals surface area contributed by atoms with Gasteiger partial charge in [0.1, 0.15) is 18.3 Å². The van der Waals surface area contributed by atoms with E-state index in [9.17, 15) is 18.0 Å². The molecule has 0 heterocycles. The minimum Gasteiger partial charge on any atom is -0.497 e. The molecule has 8 nitrogen and oxygen atoms in total. The molecule has 192 valence electrons. The molecule has 0 aromatic heterocycles. The van der Waals surface area contributed by atoms with Crippen molar-refractivity contribution in [2.75, 3.05) is 30.8 Å². The number of hydrogen-bond acceptors (Lipinski definition) is 5. The molecule has 0 aliphatic heterocycles. The lowest BCUT2D eigenvalue weighted by atomic mass is 10.1. The van der Waals surface area contributed by atoms with Crippen LogP contribution in [0.5, 0.6) is 5.75 Å². The molecule has 2 rings (SSSR count). The van der Waals surface area contributed by atoms with E-state index < -0.39 is 28.5 Å². The Bertz CT molecular complexity index is 1120. The second-order valence-corrected chi connectivity index (χ2v) is 10.5. The maximum Gasteiger partial charge on any atom is 0.244 e. The molecule has 0 radical (unpaired) electrons. The number of nitrogens with one attached hydrogen (secondary N) is 1. The Kier molecular flexibility index (Phi) is 10.1. The van der Waals surface area contributed by atoms with E-state index in [0.29, 0.717) is 24.4 Å². The molecule has 0 saturated carbocycles. The predicted molar refractivity (Wildman–Crippen MR) is 139 cm³/mol. The van der Waals surface area contributed by atoms with Crippen LogP contribution >= 0.6 is 0 Å². The quantitative estimate of drug-likeness (QED) is 0.479. The average molecular weight is 504 g/mol. The summed E-state index contributed by atoms with van der Waals surface area (Å²) in [6.07, 6.45) is 2.24. The summed E-state index contributed by atoms with van der Waals surface area (Å²) < 4.78 is 31.9. The summed E-state index contributed by atoms with van der Waals surface area (Å²) in [4.78, 5) is 28.1. The maximum atomic E-state index is 13.7. The number of carbonyl (C=O) groups is 2. The van der Waals surface area contributed by atoms with Gasteiger partial charge in [0.05, 0.1) is 19.1 Å². The second kappa shape index (κ2) is 12.6. The fourth-order valence-corrected chi connectivity index (χ4v) is 4.71. The molecule has 9 heteroatoms. The van der Waals surface area contributed by atoms with Gasteiger partial charge in [-0.15, -0.1) is 0 Å². The molecule has 2 aromatic rings. The molecule has 35 heavy (non-hydrogen) atoms. The minimum atomic E-state index is -3.77. The molecule has 1 N–H and O–H groups in total. The third-order valence-electron chi connectivity index (χ3n) is 5.97. The molecule has 0 saturated heterocycles. The topological polar surface area (TPSA) is 96.0 Å². The van der Waals surface area contributed by atoms with Gasteiger partial charge in [-0.1, -0.05) is 38.1 Å². The summed E-state index contributed by atoms with van der Waals surface area (Å²) in [6.45, 7) is 7.76. The van der Waals surface area contributed by atoms with E-state index in [2.05, 4.69) is 5.32 Å². The largest absolute Gasteiger partial charge is 0.497 e. The highest BCUT2D eigenvalue weighted by atomic mass is 32.2. The zero-order chi connectivity index (χ0) is 26.2. The van der Waals surface area contributed by atoms with Gasteiger partial charge in [-0.05, 0) is 61.6 Å².